The molecule has 0 radical (unpaired) electrons. The number of hydrogen-bond donors (Lipinski definition) is 1. The number of rotatable bonds is 5. The smallest absolute Gasteiger partial charge is 0.266 e. The lowest BCUT2D eigenvalue weighted by Crippen LogP contribution is -2.14. The van der Waals surface area contributed by atoms with E-state index in [-0.39, 0.29) is 5.57 Å². The van der Waals surface area contributed by atoms with E-state index < -0.39 is 5.91 Å². The van der Waals surface area contributed by atoms with Crippen LogP contribution < -0.4 is 5.32 Å². The van der Waals surface area contributed by atoms with Gasteiger partial charge in [-0.2, -0.15) is 5.26 Å². The minimum absolute atomic E-state index is 0.0304. The Morgan fingerprint density at radius 1 is 1.09 bits per heavy atom. The lowest BCUT2D eigenvalue weighted by atomic mass is 10.1. The Morgan fingerprint density at radius 2 is 1.91 bits per heavy atom. The van der Waals surface area contributed by atoms with Gasteiger partial charge in [0.15, 0.2) is 0 Å². The number of hydrogen-bond acceptors (Lipinski definition) is 2. The molecule has 0 fully saturated rings. The van der Waals surface area contributed by atoms with Crippen LogP contribution in [0.15, 0.2) is 78.5 Å². The molecule has 5 heteroatoms. The molecule has 1 aromatic heterocycles. The number of nitrogens with one attached hydrogen (secondary N) is 1. The number of fused-ring (bicyclic) bond motifs is 1. The molecule has 1 N–H and O–H groups in total. The first-order valence-corrected chi connectivity index (χ1v) is 10.6. The van der Waals surface area contributed by atoms with Crippen molar-refractivity contribution >= 4 is 40.2 Å². The Labute approximate surface area is 192 Å². The maximum absolute atomic E-state index is 12.8. The zero-order valence-corrected chi connectivity index (χ0v) is 18.6. The molecule has 0 unspecified atom stereocenters. The number of anilines is 1. The van der Waals surface area contributed by atoms with E-state index in [2.05, 4.69) is 35.0 Å². The van der Waals surface area contributed by atoms with E-state index in [9.17, 15) is 10.1 Å². The highest BCUT2D eigenvalue weighted by atomic mass is 35.5. The molecule has 0 saturated heterocycles. The maximum atomic E-state index is 12.8. The minimum atomic E-state index is -0.464. The van der Waals surface area contributed by atoms with Crippen molar-refractivity contribution in [1.82, 2.24) is 4.57 Å². The fraction of sp³-hybridized carbons (Fsp3) is 0.111. The molecule has 158 valence electrons. The van der Waals surface area contributed by atoms with Crippen LogP contribution in [0, 0.1) is 25.2 Å². The van der Waals surface area contributed by atoms with Crippen LogP contribution >= 0.6 is 11.6 Å². The van der Waals surface area contributed by atoms with Crippen LogP contribution in [0.4, 0.5) is 5.69 Å². The molecule has 4 nitrogen and oxygen atoms in total. The number of benzene rings is 3. The van der Waals surface area contributed by atoms with Crippen molar-refractivity contribution in [1.29, 1.82) is 5.26 Å². The molecule has 4 aromatic rings. The second-order valence-electron chi connectivity index (χ2n) is 7.80. The molecule has 4 rings (SSSR count). The average molecular weight is 440 g/mol. The van der Waals surface area contributed by atoms with Crippen molar-refractivity contribution in [3.8, 4) is 6.07 Å². The first-order valence-electron chi connectivity index (χ1n) is 10.3. The molecule has 1 heterocycles. The second-order valence-corrected chi connectivity index (χ2v) is 8.24. The van der Waals surface area contributed by atoms with Crippen LogP contribution in [0.3, 0.4) is 0 Å². The molecule has 0 aliphatic heterocycles. The van der Waals surface area contributed by atoms with Gasteiger partial charge in [-0.3, -0.25) is 4.79 Å². The molecule has 0 spiro atoms. The molecular weight excluding hydrogens is 418 g/mol. The van der Waals surface area contributed by atoms with Gasteiger partial charge in [0.05, 0.1) is 0 Å². The third kappa shape index (κ3) is 4.59. The summed E-state index contributed by atoms with van der Waals surface area (Å²) in [5, 5.41) is 14.0. The fourth-order valence-electron chi connectivity index (χ4n) is 3.75. The molecule has 0 aliphatic rings. The summed E-state index contributed by atoms with van der Waals surface area (Å²) in [6.45, 7) is 4.65. The van der Waals surface area contributed by atoms with Gasteiger partial charge in [0.2, 0.25) is 0 Å². The average Bonchev–Trinajstić information content (AvgIpc) is 3.12. The molecule has 0 atom stereocenters. The number of aryl methyl sites for hydroxylation is 2. The fourth-order valence-corrected chi connectivity index (χ4v) is 3.92. The predicted molar refractivity (Wildman–Crippen MR) is 131 cm³/mol. The number of para-hydroxylation sites is 1. The number of aromatic nitrogens is 1. The third-order valence-corrected chi connectivity index (χ3v) is 5.60. The van der Waals surface area contributed by atoms with Gasteiger partial charge >= 0.3 is 0 Å². The highest BCUT2D eigenvalue weighted by molar-refractivity contribution is 6.31. The van der Waals surface area contributed by atoms with Gasteiger partial charge in [0, 0.05) is 39.9 Å². The van der Waals surface area contributed by atoms with Gasteiger partial charge < -0.3 is 9.88 Å². The summed E-state index contributed by atoms with van der Waals surface area (Å²) in [7, 11) is 0. The number of nitriles is 1. The van der Waals surface area contributed by atoms with Crippen LogP contribution in [0.1, 0.15) is 22.3 Å². The van der Waals surface area contributed by atoms with Crippen LogP contribution in [0.5, 0.6) is 0 Å². The molecular formula is C27H22ClN3O. The van der Waals surface area contributed by atoms with Crippen molar-refractivity contribution in [2.75, 3.05) is 5.32 Å². The zero-order chi connectivity index (χ0) is 22.7. The normalized spacial score (nSPS) is 11.4. The van der Waals surface area contributed by atoms with E-state index in [0.29, 0.717) is 17.3 Å². The summed E-state index contributed by atoms with van der Waals surface area (Å²) in [5.74, 6) is -0.464. The monoisotopic (exact) mass is 439 g/mol. The van der Waals surface area contributed by atoms with Crippen molar-refractivity contribution in [2.45, 2.75) is 20.4 Å². The van der Waals surface area contributed by atoms with Gasteiger partial charge in [0.1, 0.15) is 11.6 Å². The summed E-state index contributed by atoms with van der Waals surface area (Å²) in [4.78, 5) is 12.8. The third-order valence-electron chi connectivity index (χ3n) is 5.37. The Kier molecular flexibility index (Phi) is 6.11. The van der Waals surface area contributed by atoms with Gasteiger partial charge in [-0.1, -0.05) is 65.7 Å². The van der Waals surface area contributed by atoms with Crippen molar-refractivity contribution in [3.63, 3.8) is 0 Å². The number of carbonyl (C=O) groups excluding carboxylic acids is 1. The number of carbonyl (C=O) groups is 1. The largest absolute Gasteiger partial charge is 0.342 e. The Hall–Kier alpha value is -3.81. The molecule has 0 saturated carbocycles. The van der Waals surface area contributed by atoms with Gasteiger partial charge in [0.25, 0.3) is 5.91 Å². The molecule has 32 heavy (non-hydrogen) atoms. The van der Waals surface area contributed by atoms with Crippen LogP contribution in [0.2, 0.25) is 5.02 Å². The first kappa shape index (κ1) is 21.4. The molecule has 1 amide bonds. The van der Waals surface area contributed by atoms with E-state index in [1.165, 1.54) is 11.1 Å². The quantitative estimate of drug-likeness (QED) is 0.285. The van der Waals surface area contributed by atoms with Crippen LogP contribution in [-0.2, 0) is 11.3 Å². The molecule has 0 aliphatic carbocycles. The summed E-state index contributed by atoms with van der Waals surface area (Å²) in [6.07, 6.45) is 3.63. The number of halogens is 1. The number of nitrogens with zero attached hydrogens (tertiary/aromatic N) is 2. The lowest BCUT2D eigenvalue weighted by molar-refractivity contribution is -0.112. The maximum Gasteiger partial charge on any atom is 0.266 e. The molecule has 3 aromatic carbocycles. The van der Waals surface area contributed by atoms with Crippen molar-refractivity contribution in [2.24, 2.45) is 0 Å². The Bertz CT molecular complexity index is 1390. The summed E-state index contributed by atoms with van der Waals surface area (Å²) >= 11 is 6.05. The summed E-state index contributed by atoms with van der Waals surface area (Å²) < 4.78 is 2.14. The minimum Gasteiger partial charge on any atom is -0.342 e. The van der Waals surface area contributed by atoms with E-state index in [1.54, 1.807) is 18.2 Å². The first-order chi connectivity index (χ1) is 15.4. The van der Waals surface area contributed by atoms with E-state index in [4.69, 9.17) is 11.6 Å². The highest BCUT2D eigenvalue weighted by Crippen LogP contribution is 2.26. The van der Waals surface area contributed by atoms with E-state index >= 15 is 0 Å². The lowest BCUT2D eigenvalue weighted by Gasteiger charge is -2.08. The highest BCUT2D eigenvalue weighted by Gasteiger charge is 2.14. The summed E-state index contributed by atoms with van der Waals surface area (Å²) in [5.41, 5.74) is 5.75. The van der Waals surface area contributed by atoms with Gasteiger partial charge in [-0.05, 0) is 49.2 Å². The van der Waals surface area contributed by atoms with Crippen LogP contribution in [-0.4, -0.2) is 10.5 Å². The van der Waals surface area contributed by atoms with E-state index in [0.717, 1.165) is 22.0 Å². The summed E-state index contributed by atoms with van der Waals surface area (Å²) in [6, 6.07) is 23.7. The SMILES string of the molecule is Cc1cccc(Cn2cc(/C=C(/C#N)C(=O)Nc3cc(Cl)ccc3C)c3ccccc32)c1. The van der Waals surface area contributed by atoms with E-state index in [1.807, 2.05) is 55.6 Å². The predicted octanol–water partition coefficient (Wildman–Crippen LogP) is 6.51. The van der Waals surface area contributed by atoms with Crippen LogP contribution in [0.25, 0.3) is 17.0 Å². The second kappa shape index (κ2) is 9.13. The zero-order valence-electron chi connectivity index (χ0n) is 17.9. The van der Waals surface area contributed by atoms with Gasteiger partial charge in [-0.25, -0.2) is 0 Å². The van der Waals surface area contributed by atoms with Crippen molar-refractivity contribution in [3.05, 3.63) is 106 Å². The Morgan fingerprint density at radius 3 is 2.69 bits per heavy atom. The number of amides is 1. The van der Waals surface area contributed by atoms with Gasteiger partial charge in [-0.15, -0.1) is 0 Å². The topological polar surface area (TPSA) is 57.8 Å². The van der Waals surface area contributed by atoms with Crippen molar-refractivity contribution < 1.29 is 4.79 Å². The molecule has 0 bridgehead atoms. The Balaban J connectivity index is 1.69. The standard InChI is InChI=1S/C27H22ClN3O/c1-18-6-5-7-20(12-18)16-31-17-22(24-8-3-4-9-26(24)31)13-21(15-29)27(32)30-25-14-23(28)11-10-19(25)2/h3-14,17H,16H2,1-2H3,(H,30,32)/b21-13-.